The minimum atomic E-state index is -0.823. The molecule has 1 fully saturated rings. The number of carbonyl (C=O) groups excluding carboxylic acids is 1. The number of hydrogen-bond acceptors (Lipinski definition) is 4. The number of amides is 1. The number of fused-ring (bicyclic) bond motifs is 7. The van der Waals surface area contributed by atoms with E-state index in [1.807, 2.05) is 53.4 Å². The highest BCUT2D eigenvalue weighted by Crippen LogP contribution is 2.35. The van der Waals surface area contributed by atoms with Crippen molar-refractivity contribution >= 4 is 51.0 Å². The Bertz CT molecular complexity index is 2300. The molecule has 0 radical (unpaired) electrons. The minimum Gasteiger partial charge on any atom is -0.480 e. The number of para-hydroxylation sites is 2. The topological polar surface area (TPSA) is 91.5 Å². The molecule has 11 heteroatoms. The zero-order valence-electron chi connectivity index (χ0n) is 26.9. The summed E-state index contributed by atoms with van der Waals surface area (Å²) in [6, 6.07) is 28.6. The number of thiocarbonyl (C=S) groups is 1. The van der Waals surface area contributed by atoms with E-state index >= 15 is 0 Å². The summed E-state index contributed by atoms with van der Waals surface area (Å²) in [4.78, 5) is 25.5. The SMILES string of the molecule is O=C(O)[C@@H]1Cc2c(n(Cc3ccc(F)cc3)c3ccccc23)CN1.O=C1NC(=S)N2Cc3c(c4ccccc4n3Cc3ccc(F)cc3)C[C@@H]12. The summed E-state index contributed by atoms with van der Waals surface area (Å²) in [5, 5.41) is 17.9. The number of hydrogen-bond donors (Lipinski definition) is 3. The first-order valence-corrected chi connectivity index (χ1v) is 16.9. The predicted molar refractivity (Wildman–Crippen MR) is 191 cm³/mol. The van der Waals surface area contributed by atoms with Gasteiger partial charge < -0.3 is 24.5 Å². The number of rotatable bonds is 5. The van der Waals surface area contributed by atoms with Crippen LogP contribution in [-0.4, -0.2) is 48.2 Å². The number of carbonyl (C=O) groups is 2. The second-order valence-electron chi connectivity index (χ2n) is 12.9. The Morgan fingerprint density at radius 2 is 1.28 bits per heavy atom. The molecule has 1 amide bonds. The lowest BCUT2D eigenvalue weighted by atomic mass is 9.97. The van der Waals surface area contributed by atoms with Gasteiger partial charge in [0, 0.05) is 65.7 Å². The van der Waals surface area contributed by atoms with Crippen LogP contribution in [0.4, 0.5) is 8.78 Å². The Morgan fingerprint density at radius 3 is 1.84 bits per heavy atom. The predicted octanol–water partition coefficient (Wildman–Crippen LogP) is 5.90. The van der Waals surface area contributed by atoms with E-state index < -0.39 is 12.0 Å². The van der Waals surface area contributed by atoms with Crippen LogP contribution in [0.5, 0.6) is 0 Å². The summed E-state index contributed by atoms with van der Waals surface area (Å²) in [5.74, 6) is -1.32. The molecule has 252 valence electrons. The number of carboxylic acids is 1. The molecule has 4 aromatic carbocycles. The molecule has 6 aromatic rings. The highest BCUT2D eigenvalue weighted by atomic mass is 32.1. The van der Waals surface area contributed by atoms with Gasteiger partial charge in [0.1, 0.15) is 23.7 Å². The summed E-state index contributed by atoms with van der Waals surface area (Å²) in [5.41, 5.74) is 8.86. The summed E-state index contributed by atoms with van der Waals surface area (Å²) in [6.07, 6.45) is 1.12. The van der Waals surface area contributed by atoms with Gasteiger partial charge in [0.25, 0.3) is 0 Å². The first kappa shape index (κ1) is 31.9. The molecule has 0 saturated carbocycles. The maximum Gasteiger partial charge on any atom is 0.321 e. The van der Waals surface area contributed by atoms with E-state index in [4.69, 9.17) is 12.2 Å². The molecule has 3 aliphatic rings. The monoisotopic (exact) mass is 689 g/mol. The van der Waals surface area contributed by atoms with Crippen molar-refractivity contribution in [2.24, 2.45) is 0 Å². The number of aliphatic carboxylic acids is 1. The highest BCUT2D eigenvalue weighted by molar-refractivity contribution is 7.80. The van der Waals surface area contributed by atoms with Crippen LogP contribution in [0.15, 0.2) is 97.1 Å². The van der Waals surface area contributed by atoms with Crippen LogP contribution in [0, 0.1) is 11.6 Å². The van der Waals surface area contributed by atoms with Crippen LogP contribution >= 0.6 is 12.2 Å². The normalized spacial score (nSPS) is 17.9. The molecule has 3 N–H and O–H groups in total. The molecule has 50 heavy (non-hydrogen) atoms. The van der Waals surface area contributed by atoms with Gasteiger partial charge in [-0.1, -0.05) is 60.7 Å². The number of nitrogens with zero attached hydrogens (tertiary/aromatic N) is 3. The first-order valence-electron chi connectivity index (χ1n) is 16.5. The van der Waals surface area contributed by atoms with Gasteiger partial charge in [0.05, 0.1) is 6.54 Å². The third-order valence-corrected chi connectivity index (χ3v) is 10.3. The second kappa shape index (κ2) is 12.8. The van der Waals surface area contributed by atoms with E-state index in [2.05, 4.69) is 31.9 Å². The minimum absolute atomic E-state index is 0.0176. The molecule has 5 heterocycles. The fourth-order valence-electron chi connectivity index (χ4n) is 7.55. The lowest BCUT2D eigenvalue weighted by Gasteiger charge is -2.29. The van der Waals surface area contributed by atoms with Crippen molar-refractivity contribution in [1.29, 1.82) is 0 Å². The van der Waals surface area contributed by atoms with E-state index in [1.165, 1.54) is 40.9 Å². The number of carboxylic acid groups (broad SMARTS) is 1. The van der Waals surface area contributed by atoms with Crippen molar-refractivity contribution in [3.63, 3.8) is 0 Å². The molecule has 2 atom stereocenters. The van der Waals surface area contributed by atoms with Gasteiger partial charge >= 0.3 is 5.97 Å². The summed E-state index contributed by atoms with van der Waals surface area (Å²) < 4.78 is 30.9. The maximum absolute atomic E-state index is 13.3. The third kappa shape index (κ3) is 5.72. The van der Waals surface area contributed by atoms with Crippen molar-refractivity contribution in [2.75, 3.05) is 0 Å². The summed E-state index contributed by atoms with van der Waals surface area (Å²) in [7, 11) is 0. The Balaban J connectivity index is 0.000000145. The zero-order chi connectivity index (χ0) is 34.5. The maximum atomic E-state index is 13.3. The van der Waals surface area contributed by atoms with E-state index in [0.717, 1.165) is 38.8 Å². The van der Waals surface area contributed by atoms with Crippen LogP contribution < -0.4 is 10.6 Å². The summed E-state index contributed by atoms with van der Waals surface area (Å²) >= 11 is 5.33. The largest absolute Gasteiger partial charge is 0.480 e. The fraction of sp³-hybridized carbons (Fsp3) is 0.205. The first-order chi connectivity index (χ1) is 24.2. The average Bonchev–Trinajstić information content (AvgIpc) is 3.72. The molecule has 0 bridgehead atoms. The van der Waals surface area contributed by atoms with Gasteiger partial charge in [-0.05, 0) is 70.9 Å². The average molecular weight is 690 g/mol. The molecule has 3 aliphatic heterocycles. The quantitative estimate of drug-likeness (QED) is 0.196. The molecule has 0 spiro atoms. The molecule has 1 saturated heterocycles. The molecule has 2 aromatic heterocycles. The van der Waals surface area contributed by atoms with E-state index in [0.29, 0.717) is 44.1 Å². The van der Waals surface area contributed by atoms with Gasteiger partial charge in [-0.2, -0.15) is 0 Å². The molecule has 0 aliphatic carbocycles. The Labute approximate surface area is 291 Å². The number of halogens is 2. The van der Waals surface area contributed by atoms with Crippen molar-refractivity contribution in [3.05, 3.63) is 142 Å². The molecular weight excluding hydrogens is 657 g/mol. The van der Waals surface area contributed by atoms with Crippen molar-refractivity contribution in [1.82, 2.24) is 24.7 Å². The Kier molecular flexibility index (Phi) is 8.16. The molecular formula is C39H33F2N5O3S. The second-order valence-corrected chi connectivity index (χ2v) is 13.3. The van der Waals surface area contributed by atoms with Crippen LogP contribution in [0.25, 0.3) is 21.8 Å². The standard InChI is InChI=1S/C20H16FN3OS.C19H17FN2O2/c21-13-7-5-12(6-8-13)10-23-16-4-2-1-3-14(16)15-9-17-19(25)22-20(26)24(17)11-18(15)23;20-13-7-5-12(6-8-13)11-22-17-4-2-1-3-14(17)15-9-16(19(23)24)21-10-18(15)22/h1-8,17H,9-11H2,(H,22,25,26);1-8,16,21H,9-11H2,(H,23,24)/t17-;16-/m00/s1. The van der Waals surface area contributed by atoms with Gasteiger partial charge in [-0.15, -0.1) is 0 Å². The number of nitrogens with one attached hydrogen (secondary N) is 2. The van der Waals surface area contributed by atoms with Crippen molar-refractivity contribution in [3.8, 4) is 0 Å². The fourth-order valence-corrected chi connectivity index (χ4v) is 7.85. The van der Waals surface area contributed by atoms with E-state index in [9.17, 15) is 23.5 Å². The number of aromatic nitrogens is 2. The highest BCUT2D eigenvalue weighted by Gasteiger charge is 2.41. The molecule has 0 unspecified atom stereocenters. The molecule has 9 rings (SSSR count). The van der Waals surface area contributed by atoms with Crippen LogP contribution in [0.3, 0.4) is 0 Å². The van der Waals surface area contributed by atoms with Gasteiger partial charge in [-0.25, -0.2) is 8.78 Å². The van der Waals surface area contributed by atoms with Gasteiger partial charge in [0.2, 0.25) is 5.91 Å². The van der Waals surface area contributed by atoms with Gasteiger partial charge in [-0.3, -0.25) is 14.9 Å². The van der Waals surface area contributed by atoms with Crippen LogP contribution in [0.2, 0.25) is 0 Å². The Hall–Kier alpha value is -5.39. The lowest BCUT2D eigenvalue weighted by Crippen LogP contribution is -2.42. The van der Waals surface area contributed by atoms with E-state index in [-0.39, 0.29) is 23.6 Å². The smallest absolute Gasteiger partial charge is 0.321 e. The Morgan fingerprint density at radius 1 is 0.760 bits per heavy atom. The van der Waals surface area contributed by atoms with Crippen LogP contribution in [0.1, 0.15) is 33.6 Å². The lowest BCUT2D eigenvalue weighted by molar-refractivity contribution is -0.139. The van der Waals surface area contributed by atoms with Crippen molar-refractivity contribution < 1.29 is 23.5 Å². The van der Waals surface area contributed by atoms with Gasteiger partial charge in [0.15, 0.2) is 5.11 Å². The number of benzene rings is 4. The van der Waals surface area contributed by atoms with E-state index in [1.54, 1.807) is 12.1 Å². The van der Waals surface area contributed by atoms with Crippen LogP contribution in [-0.2, 0) is 48.6 Å². The molecule has 8 nitrogen and oxygen atoms in total. The third-order valence-electron chi connectivity index (χ3n) is 10.0. The van der Waals surface area contributed by atoms with Crippen molar-refractivity contribution in [2.45, 2.75) is 51.1 Å². The summed E-state index contributed by atoms with van der Waals surface area (Å²) in [6.45, 7) is 2.41. The zero-order valence-corrected chi connectivity index (χ0v) is 27.7.